The van der Waals surface area contributed by atoms with Crippen molar-refractivity contribution in [1.29, 1.82) is 0 Å². The Labute approximate surface area is 234 Å². The fraction of sp³-hybridized carbons (Fsp3) is 0.481. The van der Waals surface area contributed by atoms with Gasteiger partial charge >= 0.3 is 0 Å². The predicted molar refractivity (Wildman–Crippen MR) is 154 cm³/mol. The molecule has 1 saturated heterocycles. The Bertz CT molecular complexity index is 1320. The maximum atomic E-state index is 13.8. The molecule has 3 aromatic rings. The number of para-hydroxylation sites is 1. The van der Waals surface area contributed by atoms with Crippen LogP contribution in [0.3, 0.4) is 0 Å². The Morgan fingerprint density at radius 2 is 1.74 bits per heavy atom. The lowest BCUT2D eigenvalue weighted by Crippen LogP contribution is -2.39. The van der Waals surface area contributed by atoms with Gasteiger partial charge in [-0.2, -0.15) is 4.31 Å². The summed E-state index contributed by atoms with van der Waals surface area (Å²) in [6.07, 6.45) is 2.24. The van der Waals surface area contributed by atoms with E-state index in [9.17, 15) is 13.2 Å². The molecule has 2 aromatic carbocycles. The van der Waals surface area contributed by atoms with Gasteiger partial charge in [0.2, 0.25) is 10.0 Å². The second-order valence-corrected chi connectivity index (χ2v) is 12.6. The summed E-state index contributed by atoms with van der Waals surface area (Å²) in [5.41, 5.74) is 1.09. The Hall–Kier alpha value is -2.08. The fourth-order valence-electron chi connectivity index (χ4n) is 4.51. The van der Waals surface area contributed by atoms with Crippen LogP contribution in [0.4, 0.5) is 5.13 Å². The van der Waals surface area contributed by atoms with E-state index in [4.69, 9.17) is 21.3 Å². The van der Waals surface area contributed by atoms with E-state index in [1.165, 1.54) is 27.8 Å². The molecular formula is C27H35ClN4O4S2. The summed E-state index contributed by atoms with van der Waals surface area (Å²) >= 11 is 7.79. The van der Waals surface area contributed by atoms with Crippen molar-refractivity contribution in [1.82, 2.24) is 14.2 Å². The Balaban J connectivity index is 1.58. The van der Waals surface area contributed by atoms with Gasteiger partial charge in [0.05, 0.1) is 27.8 Å². The molecule has 1 aromatic heterocycles. The van der Waals surface area contributed by atoms with E-state index >= 15 is 0 Å². The maximum absolute atomic E-state index is 13.8. The van der Waals surface area contributed by atoms with Crippen molar-refractivity contribution in [3.63, 3.8) is 0 Å². The van der Waals surface area contributed by atoms with Crippen molar-refractivity contribution < 1.29 is 17.9 Å². The number of thiazole rings is 1. The van der Waals surface area contributed by atoms with Crippen LogP contribution < -0.4 is 4.90 Å². The molecule has 0 radical (unpaired) electrons. The molecule has 0 aliphatic carbocycles. The molecular weight excluding hydrogens is 544 g/mol. The van der Waals surface area contributed by atoms with Crippen LogP contribution in [0.1, 0.15) is 43.5 Å². The van der Waals surface area contributed by atoms with Crippen LogP contribution in [0.5, 0.6) is 0 Å². The number of sulfonamides is 1. The van der Waals surface area contributed by atoms with E-state index in [1.807, 2.05) is 26.0 Å². The van der Waals surface area contributed by atoms with Gasteiger partial charge in [-0.05, 0) is 55.7 Å². The second-order valence-electron chi connectivity index (χ2n) is 9.28. The number of rotatable bonds is 12. The number of fused-ring (bicyclic) bond motifs is 1. The number of amides is 1. The Morgan fingerprint density at radius 3 is 2.37 bits per heavy atom. The lowest BCUT2D eigenvalue weighted by molar-refractivity contribution is 0.0376. The average molecular weight is 579 g/mol. The highest BCUT2D eigenvalue weighted by Gasteiger charge is 2.26. The van der Waals surface area contributed by atoms with Crippen molar-refractivity contribution in [2.75, 3.05) is 57.4 Å². The van der Waals surface area contributed by atoms with E-state index in [0.29, 0.717) is 40.9 Å². The fourth-order valence-corrected chi connectivity index (χ4v) is 7.42. The van der Waals surface area contributed by atoms with Gasteiger partial charge in [0.1, 0.15) is 5.52 Å². The maximum Gasteiger partial charge on any atom is 0.260 e. The zero-order valence-corrected chi connectivity index (χ0v) is 24.3. The van der Waals surface area contributed by atoms with Crippen molar-refractivity contribution >= 4 is 54.2 Å². The molecule has 0 N–H and O–H groups in total. The molecule has 8 nitrogen and oxygen atoms in total. The molecule has 4 rings (SSSR count). The quantitative estimate of drug-likeness (QED) is 0.296. The summed E-state index contributed by atoms with van der Waals surface area (Å²) in [7, 11) is -3.62. The van der Waals surface area contributed by atoms with E-state index < -0.39 is 10.0 Å². The number of halogens is 1. The minimum atomic E-state index is -3.62. The first-order chi connectivity index (χ1) is 18.3. The van der Waals surface area contributed by atoms with Crippen molar-refractivity contribution in [3.8, 4) is 0 Å². The standard InChI is InChI=1S/C27H35ClN4O4S2/c1-3-13-31(14-4-2)38(34,35)22-11-9-21(10-12-22)26(33)32(16-6-15-30-17-19-36-20-18-30)27-29-25-23(28)7-5-8-24(25)37-27/h5,7-12H,3-4,6,13-20H2,1-2H3. The minimum absolute atomic E-state index is 0.196. The van der Waals surface area contributed by atoms with Gasteiger partial charge < -0.3 is 4.74 Å². The summed E-state index contributed by atoms with van der Waals surface area (Å²) in [6.45, 7) is 9.40. The normalized spacial score (nSPS) is 14.8. The number of hydrogen-bond acceptors (Lipinski definition) is 7. The van der Waals surface area contributed by atoms with E-state index in [0.717, 1.165) is 56.8 Å². The van der Waals surface area contributed by atoms with Crippen LogP contribution in [-0.2, 0) is 14.8 Å². The van der Waals surface area contributed by atoms with Crippen LogP contribution in [0.2, 0.25) is 5.02 Å². The van der Waals surface area contributed by atoms with Gasteiger partial charge in [-0.1, -0.05) is 42.9 Å². The van der Waals surface area contributed by atoms with Crippen LogP contribution >= 0.6 is 22.9 Å². The molecule has 0 atom stereocenters. The number of morpholine rings is 1. The van der Waals surface area contributed by atoms with Gasteiger partial charge in [0.15, 0.2) is 5.13 Å². The zero-order chi connectivity index (χ0) is 27.1. The number of nitrogens with zero attached hydrogens (tertiary/aromatic N) is 4. The Morgan fingerprint density at radius 1 is 1.05 bits per heavy atom. The highest BCUT2D eigenvalue weighted by Crippen LogP contribution is 2.33. The Kier molecular flexibility index (Phi) is 10.1. The first-order valence-corrected chi connectivity index (χ1v) is 15.8. The van der Waals surface area contributed by atoms with Crippen LogP contribution in [-0.4, -0.2) is 81.0 Å². The zero-order valence-electron chi connectivity index (χ0n) is 21.9. The molecule has 38 heavy (non-hydrogen) atoms. The predicted octanol–water partition coefficient (Wildman–Crippen LogP) is 5.13. The number of benzene rings is 2. The molecule has 0 bridgehead atoms. The largest absolute Gasteiger partial charge is 0.379 e. The third-order valence-corrected chi connectivity index (χ3v) is 9.74. The highest BCUT2D eigenvalue weighted by molar-refractivity contribution is 7.89. The molecule has 206 valence electrons. The number of anilines is 1. The smallest absolute Gasteiger partial charge is 0.260 e. The van der Waals surface area contributed by atoms with Gasteiger partial charge in [0.25, 0.3) is 5.91 Å². The lowest BCUT2D eigenvalue weighted by atomic mass is 10.2. The van der Waals surface area contributed by atoms with Gasteiger partial charge in [-0.25, -0.2) is 13.4 Å². The summed E-state index contributed by atoms with van der Waals surface area (Å²) in [5, 5.41) is 1.12. The molecule has 1 amide bonds. The van der Waals surface area contributed by atoms with Gasteiger partial charge in [-0.3, -0.25) is 14.6 Å². The number of aromatic nitrogens is 1. The van der Waals surface area contributed by atoms with Crippen molar-refractivity contribution in [3.05, 3.63) is 53.1 Å². The molecule has 1 aliphatic rings. The summed E-state index contributed by atoms with van der Waals surface area (Å²) in [5.74, 6) is -0.218. The summed E-state index contributed by atoms with van der Waals surface area (Å²) in [4.78, 5) is 22.7. The number of carbonyl (C=O) groups excluding carboxylic acids is 1. The van der Waals surface area contributed by atoms with Gasteiger partial charge in [-0.15, -0.1) is 0 Å². The third-order valence-electron chi connectivity index (χ3n) is 6.48. The molecule has 0 saturated carbocycles. The summed E-state index contributed by atoms with van der Waals surface area (Å²) in [6, 6.07) is 11.9. The molecule has 0 spiro atoms. The molecule has 11 heteroatoms. The highest BCUT2D eigenvalue weighted by atomic mass is 35.5. The second kappa shape index (κ2) is 13.3. The van der Waals surface area contributed by atoms with E-state index in [1.54, 1.807) is 23.1 Å². The molecule has 1 aliphatic heterocycles. The average Bonchev–Trinajstić information content (AvgIpc) is 3.37. The van der Waals surface area contributed by atoms with E-state index in [2.05, 4.69) is 4.90 Å². The topological polar surface area (TPSA) is 83.1 Å². The van der Waals surface area contributed by atoms with Crippen molar-refractivity contribution in [2.24, 2.45) is 0 Å². The van der Waals surface area contributed by atoms with Crippen LogP contribution in [0.15, 0.2) is 47.4 Å². The number of hydrogen-bond donors (Lipinski definition) is 0. The van der Waals surface area contributed by atoms with Gasteiger partial charge in [0, 0.05) is 44.8 Å². The molecule has 1 fully saturated rings. The van der Waals surface area contributed by atoms with Crippen molar-refractivity contribution in [2.45, 2.75) is 38.0 Å². The minimum Gasteiger partial charge on any atom is -0.379 e. The first-order valence-electron chi connectivity index (χ1n) is 13.1. The van der Waals surface area contributed by atoms with Crippen LogP contribution in [0, 0.1) is 0 Å². The SMILES string of the molecule is CCCN(CCC)S(=O)(=O)c1ccc(C(=O)N(CCCN2CCOCC2)c2nc3c(Cl)cccc3s2)cc1. The lowest BCUT2D eigenvalue weighted by Gasteiger charge is -2.27. The monoisotopic (exact) mass is 578 g/mol. The first kappa shape index (κ1) is 28.9. The van der Waals surface area contributed by atoms with E-state index in [-0.39, 0.29) is 10.8 Å². The third kappa shape index (κ3) is 6.73. The molecule has 0 unspecified atom stereocenters. The number of carbonyl (C=O) groups is 1. The number of ether oxygens (including phenoxy) is 1. The molecule has 2 heterocycles. The van der Waals surface area contributed by atoms with Crippen LogP contribution in [0.25, 0.3) is 10.2 Å². The summed E-state index contributed by atoms with van der Waals surface area (Å²) < 4.78 is 34.2.